The van der Waals surface area contributed by atoms with Crippen molar-refractivity contribution in [1.82, 2.24) is 4.98 Å². The zero-order chi connectivity index (χ0) is 14.8. The van der Waals surface area contributed by atoms with Gasteiger partial charge >= 0.3 is 0 Å². The molecule has 0 radical (unpaired) electrons. The van der Waals surface area contributed by atoms with Gasteiger partial charge in [0.15, 0.2) is 12.4 Å². The van der Waals surface area contributed by atoms with Gasteiger partial charge in [-0.15, -0.1) is 0 Å². The SMILES string of the molecule is Cc1[nH]ccc(=O)c1OCC(=O)N1CCc2ccccc21. The summed E-state index contributed by atoms with van der Waals surface area (Å²) in [5, 5.41) is 0. The minimum absolute atomic E-state index is 0.136. The van der Waals surface area contributed by atoms with Gasteiger partial charge in [-0.1, -0.05) is 18.2 Å². The third kappa shape index (κ3) is 2.54. The van der Waals surface area contributed by atoms with Crippen LogP contribution in [-0.2, 0) is 11.2 Å². The molecule has 0 atom stereocenters. The first-order chi connectivity index (χ1) is 10.2. The quantitative estimate of drug-likeness (QED) is 0.932. The molecule has 0 unspecified atom stereocenters. The third-order valence-corrected chi connectivity index (χ3v) is 3.63. The van der Waals surface area contributed by atoms with Crippen molar-refractivity contribution in [3.8, 4) is 5.75 Å². The number of hydrogen-bond acceptors (Lipinski definition) is 3. The van der Waals surface area contributed by atoms with Crippen LogP contribution in [0.4, 0.5) is 5.69 Å². The van der Waals surface area contributed by atoms with Crippen molar-refractivity contribution in [1.29, 1.82) is 0 Å². The van der Waals surface area contributed by atoms with Gasteiger partial charge in [-0.2, -0.15) is 0 Å². The summed E-state index contributed by atoms with van der Waals surface area (Å²) in [7, 11) is 0. The first kappa shape index (κ1) is 13.4. The lowest BCUT2D eigenvalue weighted by Crippen LogP contribution is -2.34. The van der Waals surface area contributed by atoms with Gasteiger partial charge in [-0.05, 0) is 25.0 Å². The third-order valence-electron chi connectivity index (χ3n) is 3.63. The average Bonchev–Trinajstić information content (AvgIpc) is 2.90. The number of aryl methyl sites for hydroxylation is 1. The van der Waals surface area contributed by atoms with Crippen LogP contribution in [0.1, 0.15) is 11.3 Å². The van der Waals surface area contributed by atoms with Crippen molar-refractivity contribution in [3.63, 3.8) is 0 Å². The minimum atomic E-state index is -0.221. The normalized spacial score (nSPS) is 13.1. The second kappa shape index (κ2) is 5.44. The highest BCUT2D eigenvalue weighted by molar-refractivity contribution is 5.96. The molecule has 3 rings (SSSR count). The van der Waals surface area contributed by atoms with Gasteiger partial charge in [0.2, 0.25) is 5.43 Å². The molecule has 1 aliphatic heterocycles. The number of carbonyl (C=O) groups excluding carboxylic acids is 1. The number of fused-ring (bicyclic) bond motifs is 1. The van der Waals surface area contributed by atoms with Crippen molar-refractivity contribution in [2.45, 2.75) is 13.3 Å². The maximum Gasteiger partial charge on any atom is 0.264 e. The number of anilines is 1. The summed E-state index contributed by atoms with van der Waals surface area (Å²) < 4.78 is 5.42. The van der Waals surface area contributed by atoms with Crippen LogP contribution >= 0.6 is 0 Å². The standard InChI is InChI=1S/C16H16N2O3/c1-11-16(14(19)6-8-17-11)21-10-15(20)18-9-7-12-4-2-3-5-13(12)18/h2-6,8H,7,9-10H2,1H3,(H,17,19). The van der Waals surface area contributed by atoms with E-state index in [0.29, 0.717) is 12.2 Å². The van der Waals surface area contributed by atoms with Crippen LogP contribution in [0.15, 0.2) is 41.3 Å². The van der Waals surface area contributed by atoms with Gasteiger partial charge < -0.3 is 14.6 Å². The van der Waals surface area contributed by atoms with E-state index in [4.69, 9.17) is 4.74 Å². The van der Waals surface area contributed by atoms with Gasteiger partial charge in [-0.25, -0.2) is 0 Å². The van der Waals surface area contributed by atoms with Crippen molar-refractivity contribution in [3.05, 3.63) is 58.0 Å². The number of aromatic amines is 1. The smallest absolute Gasteiger partial charge is 0.264 e. The molecule has 21 heavy (non-hydrogen) atoms. The van der Waals surface area contributed by atoms with Gasteiger partial charge in [0.1, 0.15) is 0 Å². The molecule has 0 bridgehead atoms. The molecule has 1 aromatic carbocycles. The highest BCUT2D eigenvalue weighted by Crippen LogP contribution is 2.27. The van der Waals surface area contributed by atoms with Crippen LogP contribution in [0.25, 0.3) is 0 Å². The van der Waals surface area contributed by atoms with E-state index in [0.717, 1.165) is 12.1 Å². The predicted molar refractivity (Wildman–Crippen MR) is 79.8 cm³/mol. The summed E-state index contributed by atoms with van der Waals surface area (Å²) in [4.78, 5) is 28.6. The Balaban J connectivity index is 1.73. The Labute approximate surface area is 122 Å². The molecule has 1 amide bonds. The average molecular weight is 284 g/mol. The topological polar surface area (TPSA) is 62.4 Å². The molecular formula is C16H16N2O3. The molecule has 0 saturated carbocycles. The highest BCUT2D eigenvalue weighted by Gasteiger charge is 2.24. The second-order valence-corrected chi connectivity index (χ2v) is 5.01. The van der Waals surface area contributed by atoms with Gasteiger partial charge in [-0.3, -0.25) is 9.59 Å². The van der Waals surface area contributed by atoms with Crippen LogP contribution in [0.2, 0.25) is 0 Å². The van der Waals surface area contributed by atoms with Crippen molar-refractivity contribution in [2.24, 2.45) is 0 Å². The molecule has 5 nitrogen and oxygen atoms in total. The van der Waals surface area contributed by atoms with Crippen LogP contribution in [0, 0.1) is 6.92 Å². The van der Waals surface area contributed by atoms with E-state index in [2.05, 4.69) is 4.98 Å². The fraction of sp³-hybridized carbons (Fsp3) is 0.250. The number of rotatable bonds is 3. The van der Waals surface area contributed by atoms with E-state index in [9.17, 15) is 9.59 Å². The number of carbonyl (C=O) groups is 1. The molecule has 108 valence electrons. The van der Waals surface area contributed by atoms with Crippen molar-refractivity contribution >= 4 is 11.6 Å². The molecule has 0 aliphatic carbocycles. The Bertz CT molecular complexity index is 736. The highest BCUT2D eigenvalue weighted by atomic mass is 16.5. The number of amides is 1. The Kier molecular flexibility index (Phi) is 3.48. The molecular weight excluding hydrogens is 268 g/mol. The van der Waals surface area contributed by atoms with Crippen LogP contribution in [0.5, 0.6) is 5.75 Å². The van der Waals surface area contributed by atoms with Gasteiger partial charge in [0, 0.05) is 24.5 Å². The van der Waals surface area contributed by atoms with Crippen molar-refractivity contribution in [2.75, 3.05) is 18.1 Å². The molecule has 2 heterocycles. The molecule has 1 aromatic heterocycles. The lowest BCUT2D eigenvalue weighted by Gasteiger charge is -2.17. The number of para-hydroxylation sites is 1. The van der Waals surface area contributed by atoms with E-state index in [1.165, 1.54) is 11.6 Å². The molecule has 0 spiro atoms. The van der Waals surface area contributed by atoms with Crippen molar-refractivity contribution < 1.29 is 9.53 Å². The molecule has 5 heteroatoms. The zero-order valence-corrected chi connectivity index (χ0v) is 11.8. The van der Waals surface area contributed by atoms with E-state index in [1.54, 1.807) is 18.0 Å². The fourth-order valence-corrected chi connectivity index (χ4v) is 2.56. The summed E-state index contributed by atoms with van der Waals surface area (Å²) in [5.41, 5.74) is 2.50. The summed E-state index contributed by atoms with van der Waals surface area (Å²) in [6.45, 7) is 2.26. The minimum Gasteiger partial charge on any atom is -0.478 e. The Morgan fingerprint density at radius 2 is 2.14 bits per heavy atom. The zero-order valence-electron chi connectivity index (χ0n) is 11.8. The second-order valence-electron chi connectivity index (χ2n) is 5.01. The van der Waals surface area contributed by atoms with Crippen LogP contribution < -0.4 is 15.1 Å². The monoisotopic (exact) mass is 284 g/mol. The first-order valence-electron chi connectivity index (χ1n) is 6.86. The summed E-state index contributed by atoms with van der Waals surface area (Å²) in [6, 6.07) is 9.22. The Hall–Kier alpha value is -2.56. The summed E-state index contributed by atoms with van der Waals surface area (Å²) in [6.07, 6.45) is 2.41. The number of nitrogens with zero attached hydrogens (tertiary/aromatic N) is 1. The Morgan fingerprint density at radius 1 is 1.33 bits per heavy atom. The molecule has 2 aromatic rings. The van der Waals surface area contributed by atoms with Crippen LogP contribution in [0.3, 0.4) is 0 Å². The molecule has 0 fully saturated rings. The van der Waals surface area contributed by atoms with Gasteiger partial charge in [0.05, 0.1) is 5.69 Å². The van der Waals surface area contributed by atoms with Crippen LogP contribution in [-0.4, -0.2) is 24.0 Å². The van der Waals surface area contributed by atoms with E-state index >= 15 is 0 Å². The summed E-state index contributed by atoms with van der Waals surface area (Å²) >= 11 is 0. The maximum atomic E-state index is 12.3. The first-order valence-corrected chi connectivity index (χ1v) is 6.86. The lowest BCUT2D eigenvalue weighted by atomic mass is 10.2. The van der Waals surface area contributed by atoms with E-state index < -0.39 is 0 Å². The number of aromatic nitrogens is 1. The largest absolute Gasteiger partial charge is 0.478 e. The number of H-pyrrole nitrogens is 1. The van der Waals surface area contributed by atoms with E-state index in [1.807, 2.05) is 24.3 Å². The number of pyridine rings is 1. The lowest BCUT2D eigenvalue weighted by molar-refractivity contribution is -0.120. The van der Waals surface area contributed by atoms with Gasteiger partial charge in [0.25, 0.3) is 5.91 Å². The number of hydrogen-bond donors (Lipinski definition) is 1. The fourth-order valence-electron chi connectivity index (χ4n) is 2.56. The predicted octanol–water partition coefficient (Wildman–Crippen LogP) is 1.65. The molecule has 1 aliphatic rings. The molecule has 0 saturated heterocycles. The van der Waals surface area contributed by atoms with E-state index in [-0.39, 0.29) is 23.7 Å². The number of ether oxygens (including phenoxy) is 1. The molecule has 1 N–H and O–H groups in total. The number of benzene rings is 1. The Morgan fingerprint density at radius 3 is 2.95 bits per heavy atom. The number of nitrogens with one attached hydrogen (secondary N) is 1. The summed E-state index contributed by atoms with van der Waals surface area (Å²) in [5.74, 6) is 0.0703. The maximum absolute atomic E-state index is 12.3.